The van der Waals surface area contributed by atoms with Crippen molar-refractivity contribution in [3.05, 3.63) is 60.7 Å². The molecule has 0 amide bonds. The van der Waals surface area contributed by atoms with E-state index in [2.05, 4.69) is 108 Å². The zero-order chi connectivity index (χ0) is 25.5. The molecular weight excluding hydrogens is 518 g/mol. The van der Waals surface area contributed by atoms with Crippen LogP contribution in [0.1, 0.15) is 51.4 Å². The molecule has 1 saturated heterocycles. The first kappa shape index (κ1) is 27.1. The fraction of sp³-hybridized carbons (Fsp3) is 0.571. The first-order valence-corrected chi connectivity index (χ1v) is 19.1. The van der Waals surface area contributed by atoms with E-state index in [4.69, 9.17) is 24.5 Å². The fourth-order valence-electron chi connectivity index (χ4n) is 7.02. The molecule has 0 bridgehead atoms. The van der Waals surface area contributed by atoms with Gasteiger partial charge in [0.25, 0.3) is 0 Å². The van der Waals surface area contributed by atoms with Crippen molar-refractivity contribution in [3.8, 4) is 0 Å². The molecule has 2 aromatic rings. The van der Waals surface area contributed by atoms with E-state index in [0.29, 0.717) is 23.4 Å². The van der Waals surface area contributed by atoms with Gasteiger partial charge in [-0.2, -0.15) is 0 Å². The maximum atomic E-state index is 7.06. The van der Waals surface area contributed by atoms with Crippen molar-refractivity contribution in [1.82, 2.24) is 9.80 Å². The molecule has 3 aliphatic rings. The lowest BCUT2D eigenvalue weighted by Crippen LogP contribution is -2.62. The number of benzene rings is 2. The Bertz CT molecular complexity index is 920. The van der Waals surface area contributed by atoms with E-state index in [1.165, 1.54) is 62.7 Å². The van der Waals surface area contributed by atoms with E-state index in [1.807, 2.05) is 0 Å². The molecule has 1 aliphatic heterocycles. The summed E-state index contributed by atoms with van der Waals surface area (Å²) in [7, 11) is 9.01. The standard InChI is InChI=1S/C28H42N4P2S2/c1-29(2)25-19-11-13-21-27(25)33(35)31(23-15-7-5-8-16-23)34(36,32(33)24-17-9-6-10-18-24)28-22-14-12-20-26(28)30(3)4/h5-10,15-18,25-28H,11-14,19-22H2,1-4H3/t25-,26-,27-,28-,33?,34?/m1/s1. The van der Waals surface area contributed by atoms with E-state index in [1.54, 1.807) is 0 Å². The van der Waals surface area contributed by atoms with Crippen LogP contribution in [-0.4, -0.2) is 61.4 Å². The Hall–Kier alpha value is -0.480. The van der Waals surface area contributed by atoms with Crippen molar-refractivity contribution >= 4 is 49.4 Å². The second kappa shape index (κ2) is 10.9. The van der Waals surface area contributed by atoms with Crippen LogP contribution in [0.3, 0.4) is 0 Å². The van der Waals surface area contributed by atoms with Crippen molar-refractivity contribution < 1.29 is 0 Å². The number of hydrogen-bond donors (Lipinski definition) is 0. The zero-order valence-electron chi connectivity index (χ0n) is 22.2. The molecule has 2 aromatic carbocycles. The minimum atomic E-state index is -2.20. The number of para-hydroxylation sites is 2. The van der Waals surface area contributed by atoms with E-state index in [-0.39, 0.29) is 0 Å². The van der Waals surface area contributed by atoms with Crippen LogP contribution in [0.15, 0.2) is 60.7 Å². The van der Waals surface area contributed by atoms with Gasteiger partial charge in [-0.25, -0.2) is 0 Å². The topological polar surface area (TPSA) is 13.0 Å². The first-order chi connectivity index (χ1) is 17.3. The summed E-state index contributed by atoms with van der Waals surface area (Å²) in [4.78, 5) is 4.91. The number of nitrogens with zero attached hydrogens (tertiary/aromatic N) is 4. The maximum Gasteiger partial charge on any atom is 0.162 e. The second-order valence-electron chi connectivity index (χ2n) is 11.2. The van der Waals surface area contributed by atoms with Crippen molar-refractivity contribution in [1.29, 1.82) is 0 Å². The van der Waals surface area contributed by atoms with Crippen LogP contribution in [0.25, 0.3) is 0 Å². The van der Waals surface area contributed by atoms with Gasteiger partial charge in [0, 0.05) is 12.1 Å². The minimum Gasteiger partial charge on any atom is -0.500 e. The molecule has 4 atom stereocenters. The van der Waals surface area contributed by atoms with Crippen LogP contribution in [0.2, 0.25) is 0 Å². The number of anilines is 2. The molecule has 0 aromatic heterocycles. The zero-order valence-corrected chi connectivity index (χ0v) is 25.7. The molecule has 5 rings (SSSR count). The summed E-state index contributed by atoms with van der Waals surface area (Å²) < 4.78 is 5.47. The first-order valence-electron chi connectivity index (χ1n) is 13.6. The molecule has 0 N–H and O–H groups in total. The summed E-state index contributed by atoms with van der Waals surface area (Å²) in [5, 5.41) is 0. The molecule has 36 heavy (non-hydrogen) atoms. The minimum absolute atomic E-state index is 0.453. The molecule has 0 spiro atoms. The third-order valence-electron chi connectivity index (χ3n) is 8.64. The Morgan fingerprint density at radius 1 is 0.583 bits per heavy atom. The molecule has 8 heteroatoms. The van der Waals surface area contributed by atoms with Gasteiger partial charge in [-0.05, 0) is 91.0 Å². The maximum absolute atomic E-state index is 7.06. The SMILES string of the molecule is CN(C)[C@@H]1CCCC[C@H]1[P+]1([S-])N(c2ccccc2)[P+]([S-])([C@@H]2CCCC[C@H]2N(C)C)N1c1ccccc1. The largest absolute Gasteiger partial charge is 0.500 e. The quantitative estimate of drug-likeness (QED) is 0.268. The molecule has 2 saturated carbocycles. The molecular formula is C28H42N4P2S2. The van der Waals surface area contributed by atoms with Gasteiger partial charge in [0.05, 0.1) is 0 Å². The predicted molar refractivity (Wildman–Crippen MR) is 166 cm³/mol. The highest BCUT2D eigenvalue weighted by Crippen LogP contribution is 3.00. The Kier molecular flexibility index (Phi) is 8.24. The van der Waals surface area contributed by atoms with Crippen LogP contribution in [0.5, 0.6) is 0 Å². The predicted octanol–water partition coefficient (Wildman–Crippen LogP) is 7.38. The van der Waals surface area contributed by atoms with Crippen LogP contribution in [0.4, 0.5) is 11.4 Å². The number of rotatable bonds is 6. The summed E-state index contributed by atoms with van der Waals surface area (Å²) in [5.74, 6) is 0. The van der Waals surface area contributed by atoms with Crippen molar-refractivity contribution in [2.24, 2.45) is 0 Å². The Balaban J connectivity index is 1.71. The number of hydrogen-bond acceptors (Lipinski definition) is 6. The fourth-order valence-corrected chi connectivity index (χ4v) is 25.5. The van der Waals surface area contributed by atoms with Gasteiger partial charge >= 0.3 is 0 Å². The summed E-state index contributed by atoms with van der Waals surface area (Å²) >= 11 is 14.1. The van der Waals surface area contributed by atoms with Crippen LogP contribution in [0, 0.1) is 0 Å². The van der Waals surface area contributed by atoms with Crippen molar-refractivity contribution in [3.63, 3.8) is 0 Å². The normalized spacial score (nSPS) is 35.2. The van der Waals surface area contributed by atoms with Crippen molar-refractivity contribution in [2.75, 3.05) is 37.1 Å². The van der Waals surface area contributed by atoms with Gasteiger partial charge in [-0.15, -0.1) is 8.88 Å². The lowest BCUT2D eigenvalue weighted by atomic mass is 9.94. The summed E-state index contributed by atoms with van der Waals surface area (Å²) in [5.41, 5.74) is 3.44. The molecule has 1 heterocycles. The highest BCUT2D eigenvalue weighted by atomic mass is 32.7. The summed E-state index contributed by atoms with van der Waals surface area (Å²) in [6.45, 7) is -4.40. The molecule has 0 radical (unpaired) electrons. The summed E-state index contributed by atoms with van der Waals surface area (Å²) in [6.07, 6.45) is 9.99. The highest BCUT2D eigenvalue weighted by Gasteiger charge is 2.76. The second-order valence-corrected chi connectivity index (χ2v) is 20.3. The van der Waals surface area contributed by atoms with Gasteiger partial charge in [-0.1, -0.05) is 49.2 Å². The smallest absolute Gasteiger partial charge is 0.162 e. The average Bonchev–Trinajstić information content (AvgIpc) is 2.89. The molecule has 4 nitrogen and oxygen atoms in total. The monoisotopic (exact) mass is 560 g/mol. The van der Waals surface area contributed by atoms with Gasteiger partial charge < -0.3 is 34.3 Å². The van der Waals surface area contributed by atoms with Crippen molar-refractivity contribution in [2.45, 2.75) is 74.8 Å². The molecule has 3 fully saturated rings. The Morgan fingerprint density at radius 3 is 1.25 bits per heavy atom. The van der Waals surface area contributed by atoms with E-state index in [9.17, 15) is 0 Å². The van der Waals surface area contributed by atoms with Crippen LogP contribution in [-0.2, 0) is 24.5 Å². The molecule has 0 unspecified atom stereocenters. The van der Waals surface area contributed by atoms with Crippen LogP contribution < -0.4 is 8.88 Å². The van der Waals surface area contributed by atoms with E-state index in [0.717, 1.165) is 0 Å². The Morgan fingerprint density at radius 2 is 0.917 bits per heavy atom. The van der Waals surface area contributed by atoms with Gasteiger partial charge in [0.1, 0.15) is 22.7 Å². The van der Waals surface area contributed by atoms with E-state index >= 15 is 0 Å². The van der Waals surface area contributed by atoms with Gasteiger partial charge in [0.15, 0.2) is 13.5 Å². The van der Waals surface area contributed by atoms with E-state index < -0.39 is 13.5 Å². The molecule has 196 valence electrons. The lowest BCUT2D eigenvalue weighted by molar-refractivity contribution is 0.231. The van der Waals surface area contributed by atoms with Gasteiger partial charge in [-0.3, -0.25) is 0 Å². The third-order valence-corrected chi connectivity index (χ3v) is 23.0. The average molecular weight is 561 g/mol. The van der Waals surface area contributed by atoms with Crippen LogP contribution >= 0.6 is 13.5 Å². The highest BCUT2D eigenvalue weighted by molar-refractivity contribution is 8.62. The molecule has 2 aliphatic carbocycles. The third kappa shape index (κ3) is 4.42. The lowest BCUT2D eigenvalue weighted by Gasteiger charge is -2.71. The van der Waals surface area contributed by atoms with Gasteiger partial charge in [0.2, 0.25) is 0 Å². The Labute approximate surface area is 231 Å². The summed E-state index contributed by atoms with van der Waals surface area (Å²) in [6, 6.07) is 23.1.